The molecule has 0 aromatic carbocycles. The van der Waals surface area contributed by atoms with Crippen LogP contribution in [-0.4, -0.2) is 58.2 Å². The fourth-order valence-corrected chi connectivity index (χ4v) is 1.78. The molecular formula is C7H9FO10P-3. The van der Waals surface area contributed by atoms with Gasteiger partial charge in [0.25, 0.3) is 0 Å². The zero-order valence-corrected chi connectivity index (χ0v) is 9.94. The summed E-state index contributed by atoms with van der Waals surface area (Å²) in [7, 11) is -5.47. The molecular weight excluding hydrogens is 294 g/mol. The number of hydrogen-bond acceptors (Lipinski definition) is 10. The van der Waals surface area contributed by atoms with Gasteiger partial charge in [-0.25, -0.2) is 4.39 Å². The number of carboxylic acids is 1. The molecule has 1 fully saturated rings. The highest BCUT2D eigenvalue weighted by Crippen LogP contribution is 2.33. The van der Waals surface area contributed by atoms with Gasteiger partial charge in [-0.1, -0.05) is 0 Å². The Labute approximate surface area is 105 Å². The minimum atomic E-state index is -5.47. The van der Waals surface area contributed by atoms with Gasteiger partial charge in [0.15, 0.2) is 6.17 Å². The third-order valence-corrected chi connectivity index (χ3v) is 2.89. The highest BCUT2D eigenvalue weighted by Gasteiger charge is 2.55. The van der Waals surface area contributed by atoms with Gasteiger partial charge < -0.3 is 48.8 Å². The van der Waals surface area contributed by atoms with Crippen LogP contribution in [0.4, 0.5) is 4.39 Å². The lowest BCUT2D eigenvalue weighted by atomic mass is 9.94. The second-order valence-corrected chi connectivity index (χ2v) is 4.92. The fraction of sp³-hybridized carbons (Fsp3) is 0.857. The van der Waals surface area contributed by atoms with Crippen LogP contribution < -0.4 is 14.9 Å². The van der Waals surface area contributed by atoms with E-state index in [1.54, 1.807) is 0 Å². The van der Waals surface area contributed by atoms with Crippen molar-refractivity contribution in [3.8, 4) is 0 Å². The molecule has 1 saturated heterocycles. The molecule has 0 amide bonds. The van der Waals surface area contributed by atoms with Crippen LogP contribution in [0.1, 0.15) is 0 Å². The summed E-state index contributed by atoms with van der Waals surface area (Å²) in [5.41, 5.74) is 0. The monoisotopic (exact) mass is 303 g/mol. The van der Waals surface area contributed by atoms with Gasteiger partial charge in [0, 0.05) is 0 Å². The van der Waals surface area contributed by atoms with Crippen LogP contribution in [0.3, 0.4) is 0 Å². The molecule has 1 aliphatic heterocycles. The molecule has 5 atom stereocenters. The van der Waals surface area contributed by atoms with Crippen LogP contribution in [0.15, 0.2) is 0 Å². The van der Waals surface area contributed by atoms with Gasteiger partial charge in [-0.05, 0) is 0 Å². The molecule has 3 N–H and O–H groups in total. The summed E-state index contributed by atoms with van der Waals surface area (Å²) in [5, 5.41) is 38.3. The smallest absolute Gasteiger partial charge is 0.242 e. The van der Waals surface area contributed by atoms with Crippen molar-refractivity contribution in [2.45, 2.75) is 30.3 Å². The van der Waals surface area contributed by atoms with Gasteiger partial charge in [0.2, 0.25) is 5.79 Å². The Morgan fingerprint density at radius 1 is 1.42 bits per heavy atom. The van der Waals surface area contributed by atoms with Crippen molar-refractivity contribution in [3.63, 3.8) is 0 Å². The summed E-state index contributed by atoms with van der Waals surface area (Å²) in [5.74, 6) is -6.06. The maximum atomic E-state index is 13.3. The molecule has 0 spiro atoms. The number of phosphoric ester groups is 1. The first kappa shape index (κ1) is 16.4. The molecule has 0 radical (unpaired) electrons. The molecule has 10 nitrogen and oxygen atoms in total. The van der Waals surface area contributed by atoms with Gasteiger partial charge >= 0.3 is 0 Å². The summed E-state index contributed by atoms with van der Waals surface area (Å²) < 4.78 is 31.5. The number of alkyl halides is 1. The summed E-state index contributed by atoms with van der Waals surface area (Å²) in [6.45, 7) is -1.22. The first-order valence-corrected chi connectivity index (χ1v) is 6.23. The molecule has 0 unspecified atom stereocenters. The fourth-order valence-electron chi connectivity index (χ4n) is 1.45. The van der Waals surface area contributed by atoms with Crippen molar-refractivity contribution in [2.24, 2.45) is 0 Å². The molecule has 0 aromatic heterocycles. The molecule has 0 saturated carbocycles. The Bertz CT molecular complexity index is 397. The van der Waals surface area contributed by atoms with E-state index in [4.69, 9.17) is 0 Å². The third kappa shape index (κ3) is 3.46. The second-order valence-electron chi connectivity index (χ2n) is 3.77. The molecule has 19 heavy (non-hydrogen) atoms. The van der Waals surface area contributed by atoms with E-state index < -0.39 is 50.7 Å². The summed E-state index contributed by atoms with van der Waals surface area (Å²) >= 11 is 0. The number of phosphoric acid groups is 1. The molecule has 0 bridgehead atoms. The molecule has 112 valence electrons. The number of aliphatic hydroxyl groups is 3. The molecule has 1 heterocycles. The lowest BCUT2D eigenvalue weighted by Crippen LogP contribution is -2.69. The SMILES string of the molecule is O=C([O-])[C@]1(O)O[C@H](COP(=O)([O-])[O-])[C@@H](O)[C@H](O)[C@@H]1F. The predicted molar refractivity (Wildman–Crippen MR) is 45.3 cm³/mol. The largest absolute Gasteiger partial charge is 0.790 e. The number of rotatable bonds is 4. The van der Waals surface area contributed by atoms with Gasteiger partial charge in [-0.15, -0.1) is 0 Å². The van der Waals surface area contributed by atoms with Crippen LogP contribution in [-0.2, 0) is 18.6 Å². The highest BCUT2D eigenvalue weighted by molar-refractivity contribution is 7.43. The number of aliphatic hydroxyl groups excluding tert-OH is 2. The van der Waals surface area contributed by atoms with Crippen molar-refractivity contribution in [3.05, 3.63) is 0 Å². The van der Waals surface area contributed by atoms with Crippen molar-refractivity contribution in [1.29, 1.82) is 0 Å². The number of carboxylic acid groups (broad SMARTS) is 1. The van der Waals surface area contributed by atoms with Crippen LogP contribution >= 0.6 is 7.82 Å². The summed E-state index contributed by atoms with van der Waals surface area (Å²) in [6, 6.07) is 0. The van der Waals surface area contributed by atoms with Crippen LogP contribution in [0.2, 0.25) is 0 Å². The third-order valence-electron chi connectivity index (χ3n) is 2.42. The lowest BCUT2D eigenvalue weighted by Gasteiger charge is -2.45. The Balaban J connectivity index is 2.88. The average molecular weight is 303 g/mol. The number of carbonyl (C=O) groups excluding carboxylic acids is 1. The number of halogens is 1. The first-order valence-electron chi connectivity index (χ1n) is 4.77. The van der Waals surface area contributed by atoms with E-state index >= 15 is 0 Å². The van der Waals surface area contributed by atoms with E-state index in [0.29, 0.717) is 0 Å². The normalized spacial score (nSPS) is 40.1. The van der Waals surface area contributed by atoms with Gasteiger partial charge in [0.1, 0.15) is 24.3 Å². The quantitative estimate of drug-likeness (QED) is 0.424. The molecule has 12 heteroatoms. The van der Waals surface area contributed by atoms with E-state index in [-0.39, 0.29) is 0 Å². The molecule has 0 aliphatic carbocycles. The standard InChI is InChI=1S/C7H12FO10P/c8-5-4(10)3(9)2(1-17-19(14,15)16)18-7(5,13)6(11)12/h2-5,9-10,13H,1H2,(H,11,12)(H2,14,15,16)/p-3/t2-,3-,4+,5+,7-/m1/s1. The van der Waals surface area contributed by atoms with Crippen molar-refractivity contribution < 1.29 is 53.2 Å². The van der Waals surface area contributed by atoms with E-state index in [2.05, 4.69) is 9.26 Å². The number of hydrogen-bond donors (Lipinski definition) is 3. The highest BCUT2D eigenvalue weighted by atomic mass is 31.2. The van der Waals surface area contributed by atoms with E-state index in [9.17, 15) is 44.0 Å². The van der Waals surface area contributed by atoms with Crippen molar-refractivity contribution in [2.75, 3.05) is 6.61 Å². The van der Waals surface area contributed by atoms with Crippen molar-refractivity contribution in [1.82, 2.24) is 0 Å². The minimum Gasteiger partial charge on any atom is -0.790 e. The van der Waals surface area contributed by atoms with Gasteiger partial charge in [-0.3, -0.25) is 0 Å². The Morgan fingerprint density at radius 2 is 1.95 bits per heavy atom. The second kappa shape index (κ2) is 5.38. The zero-order chi connectivity index (χ0) is 15.0. The van der Waals surface area contributed by atoms with Crippen LogP contribution in [0.25, 0.3) is 0 Å². The number of aliphatic carboxylic acids is 1. The maximum absolute atomic E-state index is 13.3. The molecule has 1 rings (SSSR count). The average Bonchev–Trinajstić information content (AvgIpc) is 2.28. The number of carbonyl (C=O) groups is 1. The van der Waals surface area contributed by atoms with E-state index in [1.807, 2.05) is 0 Å². The topological polar surface area (TPSA) is 182 Å². The molecule has 0 aromatic rings. The van der Waals surface area contributed by atoms with Gasteiger partial charge in [-0.2, -0.15) is 0 Å². The Hall–Kier alpha value is -0.650. The minimum absolute atomic E-state index is 1.22. The van der Waals surface area contributed by atoms with E-state index in [0.717, 1.165) is 0 Å². The Kier molecular flexibility index (Phi) is 4.65. The van der Waals surface area contributed by atoms with E-state index in [1.165, 1.54) is 0 Å². The maximum Gasteiger partial charge on any atom is 0.242 e. The molecule has 1 aliphatic rings. The lowest BCUT2D eigenvalue weighted by molar-refractivity contribution is -0.390. The van der Waals surface area contributed by atoms with Crippen molar-refractivity contribution >= 4 is 13.8 Å². The van der Waals surface area contributed by atoms with Gasteiger partial charge in [0.05, 0.1) is 14.4 Å². The summed E-state index contributed by atoms with van der Waals surface area (Å²) in [4.78, 5) is 31.0. The first-order chi connectivity index (χ1) is 8.49. The van der Waals surface area contributed by atoms with Crippen LogP contribution in [0.5, 0.6) is 0 Å². The predicted octanol–water partition coefficient (Wildman–Crippen LogP) is -5.27. The van der Waals surface area contributed by atoms with Crippen LogP contribution in [0, 0.1) is 0 Å². The summed E-state index contributed by atoms with van der Waals surface area (Å²) in [6.07, 6.45) is -9.46. The zero-order valence-electron chi connectivity index (χ0n) is 9.04. The number of ether oxygens (including phenoxy) is 1. The Morgan fingerprint density at radius 3 is 2.37 bits per heavy atom.